The van der Waals surface area contributed by atoms with E-state index in [1.165, 1.54) is 0 Å². The third kappa shape index (κ3) is 2.78. The van der Waals surface area contributed by atoms with Gasteiger partial charge in [-0.3, -0.25) is 20.4 Å². The monoisotopic (exact) mass is 252 g/mol. The molecule has 2 rings (SSSR count). The second-order valence-corrected chi connectivity index (χ2v) is 5.25. The second-order valence-electron chi connectivity index (χ2n) is 3.68. The molecule has 0 bridgehead atoms. The quantitative estimate of drug-likeness (QED) is 0.583. The van der Waals surface area contributed by atoms with E-state index in [2.05, 4.69) is 10.9 Å². The molecule has 1 aliphatic heterocycles. The van der Waals surface area contributed by atoms with Crippen LogP contribution in [0.15, 0.2) is 35.2 Å². The van der Waals surface area contributed by atoms with Crippen LogP contribution in [0.4, 0.5) is 0 Å². The lowest BCUT2D eigenvalue weighted by Crippen LogP contribution is -2.28. The molecule has 17 heavy (non-hydrogen) atoms. The number of amides is 2. The lowest BCUT2D eigenvalue weighted by Gasteiger charge is -2.10. The number of hydrazine groups is 1. The molecule has 6 heteroatoms. The van der Waals surface area contributed by atoms with Gasteiger partial charge in [0.1, 0.15) is 11.7 Å². The summed E-state index contributed by atoms with van der Waals surface area (Å²) >= 11 is -1.17. The molecule has 1 saturated heterocycles. The minimum absolute atomic E-state index is 0.291. The highest BCUT2D eigenvalue weighted by molar-refractivity contribution is 7.91. The van der Waals surface area contributed by atoms with E-state index in [0.29, 0.717) is 17.1 Å². The molecule has 1 aromatic rings. The molecule has 1 fully saturated rings. The van der Waals surface area contributed by atoms with Gasteiger partial charge in [0.2, 0.25) is 0 Å². The predicted molar refractivity (Wildman–Crippen MR) is 62.1 cm³/mol. The van der Waals surface area contributed by atoms with E-state index in [0.717, 1.165) is 0 Å². The van der Waals surface area contributed by atoms with Gasteiger partial charge in [-0.1, -0.05) is 18.2 Å². The standard InChI is InChI=1S/C11H12N2O3S/c14-10-9(11(15)13-12-10)6-7-17(16)8-4-2-1-3-5-8/h1-5,9H,6-7H2,(H,12,14)(H,13,15). The van der Waals surface area contributed by atoms with Crippen molar-refractivity contribution >= 4 is 23.0 Å². The van der Waals surface area contributed by atoms with Gasteiger partial charge in [-0.15, -0.1) is 0 Å². The summed E-state index contributed by atoms with van der Waals surface area (Å²) in [5.41, 5.74) is 4.49. The molecule has 1 aromatic carbocycles. The Morgan fingerprint density at radius 2 is 1.71 bits per heavy atom. The molecule has 5 nitrogen and oxygen atoms in total. The first-order valence-electron chi connectivity index (χ1n) is 5.21. The molecule has 2 amide bonds. The van der Waals surface area contributed by atoms with Gasteiger partial charge < -0.3 is 4.55 Å². The fourth-order valence-corrected chi connectivity index (χ4v) is 2.74. The van der Waals surface area contributed by atoms with E-state index in [1.807, 2.05) is 18.2 Å². The van der Waals surface area contributed by atoms with Gasteiger partial charge in [0, 0.05) is 6.42 Å². The van der Waals surface area contributed by atoms with Gasteiger partial charge in [-0.25, -0.2) is 0 Å². The van der Waals surface area contributed by atoms with E-state index in [1.54, 1.807) is 12.1 Å². The number of benzene rings is 1. The molecule has 0 spiro atoms. The van der Waals surface area contributed by atoms with E-state index < -0.39 is 17.1 Å². The van der Waals surface area contributed by atoms with Crippen molar-refractivity contribution in [2.75, 3.05) is 5.75 Å². The Bertz CT molecular complexity index is 408. The highest BCUT2D eigenvalue weighted by atomic mass is 32.2. The molecule has 0 aromatic heterocycles. The molecular formula is C11H12N2O3S. The number of carbonyl (C=O) groups excluding carboxylic acids is 2. The lowest BCUT2D eigenvalue weighted by molar-refractivity contribution is -0.127. The van der Waals surface area contributed by atoms with Crippen molar-refractivity contribution in [2.45, 2.75) is 11.3 Å². The maximum absolute atomic E-state index is 11.9. The SMILES string of the molecule is O=C1NNC(=O)C1CC[S+]([O-])c1ccccc1. The van der Waals surface area contributed by atoms with Gasteiger partial charge in [-0.05, 0) is 23.3 Å². The molecule has 1 aliphatic rings. The summed E-state index contributed by atoms with van der Waals surface area (Å²) in [5, 5.41) is 0. The third-order valence-corrected chi connectivity index (χ3v) is 3.94. The summed E-state index contributed by atoms with van der Waals surface area (Å²) in [6.45, 7) is 0. The van der Waals surface area contributed by atoms with Gasteiger partial charge in [0.25, 0.3) is 11.8 Å². The third-order valence-electron chi connectivity index (χ3n) is 2.54. The molecule has 1 unspecified atom stereocenters. The summed E-state index contributed by atoms with van der Waals surface area (Å²) in [6.07, 6.45) is 0.291. The van der Waals surface area contributed by atoms with Crippen molar-refractivity contribution in [3.8, 4) is 0 Å². The van der Waals surface area contributed by atoms with Crippen LogP contribution in [0, 0.1) is 5.92 Å². The maximum Gasteiger partial charge on any atom is 0.251 e. The number of carbonyl (C=O) groups is 2. The van der Waals surface area contributed by atoms with Crippen LogP contribution in [0.25, 0.3) is 0 Å². The zero-order chi connectivity index (χ0) is 12.3. The van der Waals surface area contributed by atoms with E-state index >= 15 is 0 Å². The first-order valence-corrected chi connectivity index (χ1v) is 6.53. The smallest absolute Gasteiger partial charge is 0.251 e. The molecule has 1 atom stereocenters. The molecular weight excluding hydrogens is 240 g/mol. The minimum atomic E-state index is -1.17. The first-order chi connectivity index (χ1) is 8.18. The highest BCUT2D eigenvalue weighted by Crippen LogP contribution is 2.15. The number of hydrogen-bond acceptors (Lipinski definition) is 3. The van der Waals surface area contributed by atoms with Crippen LogP contribution >= 0.6 is 0 Å². The summed E-state index contributed by atoms with van der Waals surface area (Å²) in [7, 11) is 0. The van der Waals surface area contributed by atoms with Crippen molar-refractivity contribution in [2.24, 2.45) is 5.92 Å². The van der Waals surface area contributed by atoms with Crippen LogP contribution < -0.4 is 10.9 Å². The van der Waals surface area contributed by atoms with Gasteiger partial charge >= 0.3 is 0 Å². The van der Waals surface area contributed by atoms with Crippen LogP contribution in [0.5, 0.6) is 0 Å². The van der Waals surface area contributed by atoms with E-state index in [-0.39, 0.29) is 11.8 Å². The van der Waals surface area contributed by atoms with Gasteiger partial charge in [0.15, 0.2) is 4.90 Å². The van der Waals surface area contributed by atoms with Crippen molar-refractivity contribution in [3.05, 3.63) is 30.3 Å². The van der Waals surface area contributed by atoms with Crippen molar-refractivity contribution in [1.29, 1.82) is 0 Å². The van der Waals surface area contributed by atoms with Crippen molar-refractivity contribution in [3.63, 3.8) is 0 Å². The Balaban J connectivity index is 1.90. The molecule has 90 valence electrons. The van der Waals surface area contributed by atoms with Crippen LogP contribution in [0.3, 0.4) is 0 Å². The fraction of sp³-hybridized carbons (Fsp3) is 0.273. The molecule has 0 aliphatic carbocycles. The predicted octanol–water partition coefficient (Wildman–Crippen LogP) is -0.0385. The normalized spacial score (nSPS) is 17.7. The summed E-state index contributed by atoms with van der Waals surface area (Å²) < 4.78 is 11.9. The largest absolute Gasteiger partial charge is 0.611 e. The lowest BCUT2D eigenvalue weighted by atomic mass is 10.1. The Kier molecular flexibility index (Phi) is 3.65. The van der Waals surface area contributed by atoms with Crippen LogP contribution in [-0.4, -0.2) is 22.1 Å². The summed E-state index contributed by atoms with van der Waals surface area (Å²) in [5.74, 6) is -1.11. The Morgan fingerprint density at radius 1 is 1.12 bits per heavy atom. The number of hydrogen-bond donors (Lipinski definition) is 2. The average molecular weight is 252 g/mol. The molecule has 1 heterocycles. The van der Waals surface area contributed by atoms with Crippen LogP contribution in [-0.2, 0) is 20.8 Å². The number of rotatable bonds is 4. The maximum atomic E-state index is 11.9. The fourth-order valence-electron chi connectivity index (χ4n) is 1.59. The zero-order valence-electron chi connectivity index (χ0n) is 9.01. The molecule has 0 saturated carbocycles. The van der Waals surface area contributed by atoms with Crippen molar-refractivity contribution < 1.29 is 14.1 Å². The molecule has 0 radical (unpaired) electrons. The average Bonchev–Trinajstić information content (AvgIpc) is 2.67. The Morgan fingerprint density at radius 3 is 2.29 bits per heavy atom. The summed E-state index contributed by atoms with van der Waals surface area (Å²) in [6, 6.07) is 9.00. The topological polar surface area (TPSA) is 81.3 Å². The van der Waals surface area contributed by atoms with Crippen LogP contribution in [0.1, 0.15) is 6.42 Å². The Hall–Kier alpha value is -1.53. The molecule has 2 N–H and O–H groups in total. The minimum Gasteiger partial charge on any atom is -0.611 e. The van der Waals surface area contributed by atoms with Crippen LogP contribution in [0.2, 0.25) is 0 Å². The first kappa shape index (κ1) is 11.9. The summed E-state index contributed by atoms with van der Waals surface area (Å²) in [4.78, 5) is 23.2. The van der Waals surface area contributed by atoms with E-state index in [9.17, 15) is 14.1 Å². The Labute approximate surface area is 102 Å². The van der Waals surface area contributed by atoms with Gasteiger partial charge in [-0.2, -0.15) is 0 Å². The highest BCUT2D eigenvalue weighted by Gasteiger charge is 2.33. The zero-order valence-corrected chi connectivity index (χ0v) is 9.83. The second kappa shape index (κ2) is 5.20. The number of nitrogens with one attached hydrogen (secondary N) is 2. The van der Waals surface area contributed by atoms with Crippen molar-refractivity contribution in [1.82, 2.24) is 10.9 Å². The van der Waals surface area contributed by atoms with E-state index in [4.69, 9.17) is 0 Å². The van der Waals surface area contributed by atoms with Gasteiger partial charge in [0.05, 0.1) is 0 Å².